The van der Waals surface area contributed by atoms with Crippen LogP contribution in [0.25, 0.3) is 0 Å². The van der Waals surface area contributed by atoms with Crippen LogP contribution in [0.2, 0.25) is 0 Å². The van der Waals surface area contributed by atoms with Crippen LogP contribution in [0.4, 0.5) is 5.69 Å². The second kappa shape index (κ2) is 5.29. The summed E-state index contributed by atoms with van der Waals surface area (Å²) in [6, 6.07) is 5.29. The molecule has 1 aliphatic carbocycles. The summed E-state index contributed by atoms with van der Waals surface area (Å²) >= 11 is 0. The van der Waals surface area contributed by atoms with Gasteiger partial charge >= 0.3 is 0 Å². The van der Waals surface area contributed by atoms with E-state index in [0.717, 1.165) is 30.4 Å². The van der Waals surface area contributed by atoms with Crippen LogP contribution < -0.4 is 5.73 Å². The van der Waals surface area contributed by atoms with E-state index in [1.807, 2.05) is 13.0 Å². The molecular weight excluding hydrogens is 240 g/mol. The number of hydrogen-bond donors (Lipinski definition) is 1. The first-order valence-corrected chi connectivity index (χ1v) is 6.97. The Morgan fingerprint density at radius 2 is 2.26 bits per heavy atom. The van der Waals surface area contributed by atoms with Crippen LogP contribution in [0, 0.1) is 23.0 Å². The van der Waals surface area contributed by atoms with Gasteiger partial charge < -0.3 is 5.73 Å². The van der Waals surface area contributed by atoms with Crippen molar-refractivity contribution in [2.75, 3.05) is 0 Å². The molecule has 2 unspecified atom stereocenters. The molecule has 0 radical (unpaired) electrons. The van der Waals surface area contributed by atoms with E-state index in [1.165, 1.54) is 12.8 Å². The maximum absolute atomic E-state index is 11.0. The maximum atomic E-state index is 11.0. The molecule has 1 aromatic rings. The summed E-state index contributed by atoms with van der Waals surface area (Å²) in [7, 11) is 0. The van der Waals surface area contributed by atoms with Gasteiger partial charge in [-0.3, -0.25) is 10.1 Å². The number of nitro groups is 1. The predicted octanol–water partition coefficient (Wildman–Crippen LogP) is 3.35. The van der Waals surface area contributed by atoms with Crippen molar-refractivity contribution in [1.29, 1.82) is 0 Å². The van der Waals surface area contributed by atoms with Crippen LogP contribution in [0.3, 0.4) is 0 Å². The van der Waals surface area contributed by atoms with Crippen molar-refractivity contribution in [3.05, 3.63) is 39.4 Å². The second-order valence-electron chi connectivity index (χ2n) is 5.87. The lowest BCUT2D eigenvalue weighted by atomic mass is 9.87. The van der Waals surface area contributed by atoms with E-state index in [1.54, 1.807) is 12.1 Å². The zero-order valence-electron chi connectivity index (χ0n) is 11.7. The van der Waals surface area contributed by atoms with Gasteiger partial charge in [-0.25, -0.2) is 0 Å². The Labute approximate surface area is 114 Å². The highest BCUT2D eigenvalue weighted by molar-refractivity contribution is 5.45. The molecule has 2 N–H and O–H groups in total. The first kappa shape index (κ1) is 14.0. The molecule has 2 rings (SSSR count). The van der Waals surface area contributed by atoms with E-state index >= 15 is 0 Å². The number of hydrogen-bond acceptors (Lipinski definition) is 3. The molecule has 104 valence electrons. The lowest BCUT2D eigenvalue weighted by Crippen LogP contribution is -2.39. The highest BCUT2D eigenvalue weighted by Crippen LogP contribution is 2.37. The topological polar surface area (TPSA) is 69.2 Å². The van der Waals surface area contributed by atoms with Gasteiger partial charge in [-0.05, 0) is 44.1 Å². The maximum Gasteiger partial charge on any atom is 0.272 e. The van der Waals surface area contributed by atoms with Gasteiger partial charge in [-0.2, -0.15) is 0 Å². The average molecular weight is 262 g/mol. The fourth-order valence-corrected chi connectivity index (χ4v) is 3.22. The van der Waals surface area contributed by atoms with E-state index in [0.29, 0.717) is 5.92 Å². The van der Waals surface area contributed by atoms with Crippen LogP contribution >= 0.6 is 0 Å². The van der Waals surface area contributed by atoms with Crippen LogP contribution in [-0.2, 0) is 6.42 Å². The molecule has 0 amide bonds. The van der Waals surface area contributed by atoms with Gasteiger partial charge in [0, 0.05) is 17.2 Å². The molecule has 1 aromatic carbocycles. The molecule has 0 aliphatic heterocycles. The number of nitro benzene ring substituents is 1. The minimum atomic E-state index is -0.314. The molecule has 0 heterocycles. The van der Waals surface area contributed by atoms with Crippen LogP contribution in [-0.4, -0.2) is 10.5 Å². The molecule has 0 spiro atoms. The van der Waals surface area contributed by atoms with Gasteiger partial charge in [0.15, 0.2) is 0 Å². The Kier molecular flexibility index (Phi) is 3.90. The zero-order chi connectivity index (χ0) is 14.0. The first-order chi connectivity index (χ1) is 8.95. The number of nitrogens with zero attached hydrogens (tertiary/aromatic N) is 1. The third-order valence-corrected chi connectivity index (χ3v) is 4.48. The minimum absolute atomic E-state index is 0.180. The summed E-state index contributed by atoms with van der Waals surface area (Å²) in [5.41, 5.74) is 8.29. The number of benzene rings is 1. The lowest BCUT2D eigenvalue weighted by molar-refractivity contribution is -0.385. The van der Waals surface area contributed by atoms with E-state index in [2.05, 4.69) is 6.92 Å². The van der Waals surface area contributed by atoms with Gasteiger partial charge in [0.05, 0.1) is 4.92 Å². The monoisotopic (exact) mass is 262 g/mol. The van der Waals surface area contributed by atoms with Gasteiger partial charge in [0.25, 0.3) is 5.69 Å². The lowest BCUT2D eigenvalue weighted by Gasteiger charge is -2.25. The molecule has 0 aromatic heterocycles. The largest absolute Gasteiger partial charge is 0.325 e. The molecule has 0 bridgehead atoms. The Bertz CT molecular complexity index is 487. The van der Waals surface area contributed by atoms with Crippen LogP contribution in [0.15, 0.2) is 18.2 Å². The van der Waals surface area contributed by atoms with E-state index in [-0.39, 0.29) is 16.1 Å². The third kappa shape index (κ3) is 2.95. The third-order valence-electron chi connectivity index (χ3n) is 4.48. The molecule has 1 aliphatic rings. The summed E-state index contributed by atoms with van der Waals surface area (Å²) in [5, 5.41) is 11.0. The van der Waals surface area contributed by atoms with Gasteiger partial charge in [-0.1, -0.05) is 25.5 Å². The van der Waals surface area contributed by atoms with Crippen LogP contribution in [0.5, 0.6) is 0 Å². The summed E-state index contributed by atoms with van der Waals surface area (Å²) in [4.78, 5) is 10.6. The van der Waals surface area contributed by atoms with Crippen molar-refractivity contribution in [1.82, 2.24) is 0 Å². The Balaban J connectivity index is 2.20. The van der Waals surface area contributed by atoms with Crippen molar-refractivity contribution >= 4 is 5.69 Å². The molecule has 0 saturated heterocycles. The second-order valence-corrected chi connectivity index (χ2v) is 5.87. The SMILES string of the molecule is CCC1CCC(N)(Cc2cccc([N+](=O)[O-])c2C)C1. The highest BCUT2D eigenvalue weighted by Gasteiger charge is 2.35. The van der Waals surface area contributed by atoms with Gasteiger partial charge in [-0.15, -0.1) is 0 Å². The Morgan fingerprint density at radius 1 is 1.53 bits per heavy atom. The molecule has 4 heteroatoms. The van der Waals surface area contributed by atoms with Crippen molar-refractivity contribution in [2.45, 2.75) is 51.5 Å². The van der Waals surface area contributed by atoms with Gasteiger partial charge in [0.2, 0.25) is 0 Å². The quantitative estimate of drug-likeness (QED) is 0.668. The minimum Gasteiger partial charge on any atom is -0.325 e. The number of rotatable bonds is 4. The molecule has 4 nitrogen and oxygen atoms in total. The van der Waals surface area contributed by atoms with Crippen molar-refractivity contribution in [3.63, 3.8) is 0 Å². The first-order valence-electron chi connectivity index (χ1n) is 6.97. The fraction of sp³-hybridized carbons (Fsp3) is 0.600. The molecule has 1 fully saturated rings. The molecule has 19 heavy (non-hydrogen) atoms. The van der Waals surface area contributed by atoms with Gasteiger partial charge in [0.1, 0.15) is 0 Å². The van der Waals surface area contributed by atoms with E-state index in [9.17, 15) is 10.1 Å². The fourth-order valence-electron chi connectivity index (χ4n) is 3.22. The normalized spacial score (nSPS) is 26.6. The van der Waals surface area contributed by atoms with Crippen molar-refractivity contribution in [2.24, 2.45) is 11.7 Å². The molecule has 1 saturated carbocycles. The predicted molar refractivity (Wildman–Crippen MR) is 76.1 cm³/mol. The smallest absolute Gasteiger partial charge is 0.272 e. The molecule has 2 atom stereocenters. The zero-order valence-corrected chi connectivity index (χ0v) is 11.7. The summed E-state index contributed by atoms with van der Waals surface area (Å²) < 4.78 is 0. The summed E-state index contributed by atoms with van der Waals surface area (Å²) in [6.07, 6.45) is 5.16. The number of nitrogens with two attached hydrogens (primary N) is 1. The van der Waals surface area contributed by atoms with Crippen molar-refractivity contribution in [3.8, 4) is 0 Å². The van der Waals surface area contributed by atoms with E-state index < -0.39 is 0 Å². The standard InChI is InChI=1S/C15H22N2O2/c1-3-12-7-8-15(16,9-12)10-13-5-4-6-14(11(13)2)17(18)19/h4-6,12H,3,7-10,16H2,1-2H3. The molecular formula is C15H22N2O2. The van der Waals surface area contributed by atoms with E-state index in [4.69, 9.17) is 5.73 Å². The average Bonchev–Trinajstić information content (AvgIpc) is 2.73. The highest BCUT2D eigenvalue weighted by atomic mass is 16.6. The summed E-state index contributed by atoms with van der Waals surface area (Å²) in [6.45, 7) is 4.03. The Morgan fingerprint density at radius 3 is 2.84 bits per heavy atom. The Hall–Kier alpha value is -1.42. The summed E-state index contributed by atoms with van der Waals surface area (Å²) in [5.74, 6) is 0.712. The van der Waals surface area contributed by atoms with Crippen LogP contribution in [0.1, 0.15) is 43.7 Å². The van der Waals surface area contributed by atoms with Crippen molar-refractivity contribution < 1.29 is 4.92 Å².